The number of hydrogen-bond donors (Lipinski definition) is 0. The van der Waals surface area contributed by atoms with Crippen molar-refractivity contribution in [2.45, 2.75) is 38.8 Å². The van der Waals surface area contributed by atoms with E-state index in [1.54, 1.807) is 27.8 Å². The zero-order valence-electron chi connectivity index (χ0n) is 21.1. The van der Waals surface area contributed by atoms with Gasteiger partial charge in [0.15, 0.2) is 0 Å². The third-order valence-corrected chi connectivity index (χ3v) is 6.54. The van der Waals surface area contributed by atoms with E-state index in [1.807, 2.05) is 37.3 Å². The zero-order valence-corrected chi connectivity index (χ0v) is 21.1. The fourth-order valence-electron chi connectivity index (χ4n) is 4.63. The van der Waals surface area contributed by atoms with Crippen molar-refractivity contribution < 1.29 is 23.0 Å². The van der Waals surface area contributed by atoms with Gasteiger partial charge >= 0.3 is 0 Å². The number of rotatable bonds is 9. The van der Waals surface area contributed by atoms with Gasteiger partial charge in [-0.1, -0.05) is 31.2 Å². The molecule has 1 unspecified atom stereocenters. The minimum Gasteiger partial charge on any atom is -0.439 e. The van der Waals surface area contributed by atoms with Crippen LogP contribution in [0.5, 0.6) is 11.6 Å². The summed E-state index contributed by atoms with van der Waals surface area (Å²) in [5.74, 6) is -0.0988. The van der Waals surface area contributed by atoms with Crippen LogP contribution in [-0.4, -0.2) is 39.8 Å². The highest BCUT2D eigenvalue weighted by molar-refractivity contribution is 5.94. The Labute approximate surface area is 220 Å². The van der Waals surface area contributed by atoms with Crippen molar-refractivity contribution in [1.82, 2.24) is 14.7 Å². The molecule has 3 aromatic carbocycles. The van der Waals surface area contributed by atoms with Crippen LogP contribution in [0.4, 0.5) is 8.78 Å². The van der Waals surface area contributed by atoms with E-state index in [0.717, 1.165) is 24.1 Å². The summed E-state index contributed by atoms with van der Waals surface area (Å²) in [6.07, 6.45) is 2.24. The van der Waals surface area contributed by atoms with Gasteiger partial charge in [-0.05, 0) is 73.9 Å². The Morgan fingerprint density at radius 3 is 2.53 bits per heavy atom. The van der Waals surface area contributed by atoms with Crippen molar-refractivity contribution in [3.8, 4) is 17.3 Å². The molecule has 1 aromatic heterocycles. The van der Waals surface area contributed by atoms with Gasteiger partial charge < -0.3 is 14.4 Å². The molecule has 0 aliphatic carbocycles. The Morgan fingerprint density at radius 1 is 1.05 bits per heavy atom. The first-order chi connectivity index (χ1) is 18.5. The third kappa shape index (κ3) is 5.75. The highest BCUT2D eigenvalue weighted by atomic mass is 19.1. The standard InChI is InChI=1S/C30H29F2N3O3/c1-2-28-27(20-34(19-26-12-7-17-37-26)29(36)21-8-6-9-23(32)18-21)30(38-25-10-4-3-5-11-25)35(33-28)24-15-13-22(31)14-16-24/h3-6,8-11,13-16,18,26H,2,7,12,17,19-20H2,1H3. The van der Waals surface area contributed by atoms with E-state index in [-0.39, 0.29) is 29.9 Å². The average Bonchev–Trinajstić information content (AvgIpc) is 3.57. The van der Waals surface area contributed by atoms with Crippen LogP contribution in [-0.2, 0) is 17.7 Å². The molecule has 0 bridgehead atoms. The number of carbonyl (C=O) groups excluding carboxylic acids is 1. The van der Waals surface area contributed by atoms with Gasteiger partial charge in [0.1, 0.15) is 17.4 Å². The first kappa shape index (κ1) is 25.6. The van der Waals surface area contributed by atoms with Crippen LogP contribution in [0.2, 0.25) is 0 Å². The highest BCUT2D eigenvalue weighted by Crippen LogP contribution is 2.33. The summed E-state index contributed by atoms with van der Waals surface area (Å²) in [6, 6.07) is 21.0. The largest absolute Gasteiger partial charge is 0.439 e. The van der Waals surface area contributed by atoms with E-state index >= 15 is 0 Å². The number of halogens is 2. The predicted octanol–water partition coefficient (Wildman–Crippen LogP) is 6.33. The Bertz CT molecular complexity index is 1380. The molecular formula is C30H29F2N3O3. The summed E-state index contributed by atoms with van der Waals surface area (Å²) in [4.78, 5) is 15.3. The lowest BCUT2D eigenvalue weighted by Gasteiger charge is -2.26. The van der Waals surface area contributed by atoms with Gasteiger partial charge in [-0.3, -0.25) is 4.79 Å². The van der Waals surface area contributed by atoms with Crippen LogP contribution in [0.3, 0.4) is 0 Å². The topological polar surface area (TPSA) is 56.6 Å². The normalized spacial score (nSPS) is 15.0. The minimum absolute atomic E-state index is 0.108. The maximum atomic E-state index is 14.0. The Balaban J connectivity index is 1.58. The summed E-state index contributed by atoms with van der Waals surface area (Å²) in [5, 5.41) is 4.80. The van der Waals surface area contributed by atoms with Crippen molar-refractivity contribution in [2.75, 3.05) is 13.2 Å². The highest BCUT2D eigenvalue weighted by Gasteiger charge is 2.28. The van der Waals surface area contributed by atoms with Crippen molar-refractivity contribution in [1.29, 1.82) is 0 Å². The second kappa shape index (κ2) is 11.6. The number of amides is 1. The molecule has 0 radical (unpaired) electrons. The van der Waals surface area contributed by atoms with E-state index in [9.17, 15) is 13.6 Å². The number of aromatic nitrogens is 2. The SMILES string of the molecule is CCc1nn(-c2ccc(F)cc2)c(Oc2ccccc2)c1CN(CC1CCCO1)C(=O)c1cccc(F)c1. The number of nitrogens with zero attached hydrogens (tertiary/aromatic N) is 3. The quantitative estimate of drug-likeness (QED) is 0.261. The predicted molar refractivity (Wildman–Crippen MR) is 140 cm³/mol. The second-order valence-corrected chi connectivity index (χ2v) is 9.22. The molecule has 1 fully saturated rings. The number of ether oxygens (including phenoxy) is 2. The number of para-hydroxylation sites is 1. The Kier molecular flexibility index (Phi) is 7.79. The molecule has 6 nitrogen and oxygen atoms in total. The lowest BCUT2D eigenvalue weighted by atomic mass is 10.1. The lowest BCUT2D eigenvalue weighted by Crippen LogP contribution is -2.37. The molecule has 1 aliphatic heterocycles. The molecule has 1 saturated heterocycles. The van der Waals surface area contributed by atoms with Crippen molar-refractivity contribution in [3.05, 3.63) is 107 Å². The summed E-state index contributed by atoms with van der Waals surface area (Å²) in [5.41, 5.74) is 2.35. The van der Waals surface area contributed by atoms with Crippen LogP contribution < -0.4 is 4.74 Å². The molecule has 196 valence electrons. The molecule has 4 aromatic rings. The molecule has 8 heteroatoms. The van der Waals surface area contributed by atoms with E-state index in [2.05, 4.69) is 0 Å². The van der Waals surface area contributed by atoms with E-state index in [1.165, 1.54) is 30.3 Å². The minimum atomic E-state index is -0.473. The second-order valence-electron chi connectivity index (χ2n) is 9.22. The van der Waals surface area contributed by atoms with Crippen molar-refractivity contribution >= 4 is 5.91 Å². The fraction of sp³-hybridized carbons (Fsp3) is 0.267. The molecule has 5 rings (SSSR count). The average molecular weight is 518 g/mol. The maximum absolute atomic E-state index is 14.0. The van der Waals surface area contributed by atoms with Crippen molar-refractivity contribution in [3.63, 3.8) is 0 Å². The maximum Gasteiger partial charge on any atom is 0.254 e. The molecule has 0 N–H and O–H groups in total. The molecule has 38 heavy (non-hydrogen) atoms. The summed E-state index contributed by atoms with van der Waals surface area (Å²) >= 11 is 0. The van der Waals surface area contributed by atoms with Gasteiger partial charge in [0.2, 0.25) is 5.88 Å². The molecule has 1 atom stereocenters. The van der Waals surface area contributed by atoms with Gasteiger partial charge in [-0.15, -0.1) is 0 Å². The first-order valence-corrected chi connectivity index (χ1v) is 12.8. The van der Waals surface area contributed by atoms with Gasteiger partial charge in [-0.25, -0.2) is 13.5 Å². The van der Waals surface area contributed by atoms with E-state index < -0.39 is 5.82 Å². The number of benzene rings is 3. The van der Waals surface area contributed by atoms with Gasteiger partial charge in [0.05, 0.1) is 29.6 Å². The van der Waals surface area contributed by atoms with E-state index in [0.29, 0.717) is 36.9 Å². The summed E-state index contributed by atoms with van der Waals surface area (Å²) < 4.78 is 41.6. The number of aryl methyl sites for hydroxylation is 1. The molecular weight excluding hydrogens is 488 g/mol. The van der Waals surface area contributed by atoms with Crippen LogP contribution in [0.15, 0.2) is 78.9 Å². The first-order valence-electron chi connectivity index (χ1n) is 12.8. The molecule has 1 amide bonds. The van der Waals surface area contributed by atoms with E-state index in [4.69, 9.17) is 14.6 Å². The van der Waals surface area contributed by atoms with Crippen LogP contribution in [0.1, 0.15) is 41.4 Å². The van der Waals surface area contributed by atoms with Gasteiger partial charge in [-0.2, -0.15) is 5.10 Å². The third-order valence-electron chi connectivity index (χ3n) is 6.54. The Hall–Kier alpha value is -4.04. The summed E-state index contributed by atoms with van der Waals surface area (Å²) in [7, 11) is 0. The van der Waals surface area contributed by atoms with Crippen molar-refractivity contribution in [2.24, 2.45) is 0 Å². The van der Waals surface area contributed by atoms with Gasteiger partial charge in [0.25, 0.3) is 5.91 Å². The number of carbonyl (C=O) groups is 1. The molecule has 0 spiro atoms. The zero-order chi connectivity index (χ0) is 26.5. The monoisotopic (exact) mass is 517 g/mol. The smallest absolute Gasteiger partial charge is 0.254 e. The van der Waals surface area contributed by atoms with Crippen LogP contribution >= 0.6 is 0 Å². The van der Waals surface area contributed by atoms with Gasteiger partial charge in [0, 0.05) is 18.7 Å². The Morgan fingerprint density at radius 2 is 1.84 bits per heavy atom. The number of hydrogen-bond acceptors (Lipinski definition) is 4. The fourth-order valence-corrected chi connectivity index (χ4v) is 4.63. The molecule has 2 heterocycles. The molecule has 0 saturated carbocycles. The lowest BCUT2D eigenvalue weighted by molar-refractivity contribution is 0.0505. The van der Waals surface area contributed by atoms with Crippen LogP contribution in [0, 0.1) is 11.6 Å². The van der Waals surface area contributed by atoms with Crippen LogP contribution in [0.25, 0.3) is 5.69 Å². The summed E-state index contributed by atoms with van der Waals surface area (Å²) in [6.45, 7) is 3.16. The molecule has 1 aliphatic rings.